The molecule has 0 aliphatic carbocycles. The molecule has 6 heteroatoms. The van der Waals surface area contributed by atoms with Gasteiger partial charge in [-0.05, 0) is 41.7 Å². The van der Waals surface area contributed by atoms with Crippen LogP contribution >= 0.6 is 0 Å². The van der Waals surface area contributed by atoms with Crippen molar-refractivity contribution in [1.29, 1.82) is 0 Å². The Balaban J connectivity index is 1.83. The van der Waals surface area contributed by atoms with Crippen LogP contribution in [0.5, 0.6) is 0 Å². The number of carbonyl (C=O) groups excluding carboxylic acids is 1. The zero-order valence-electron chi connectivity index (χ0n) is 13.9. The van der Waals surface area contributed by atoms with E-state index in [9.17, 15) is 18.0 Å². The van der Waals surface area contributed by atoms with Crippen molar-refractivity contribution in [3.8, 4) is 0 Å². The molecule has 1 atom stereocenters. The van der Waals surface area contributed by atoms with E-state index in [1.54, 1.807) is 30.3 Å². The number of hydrogen-bond acceptors (Lipinski definition) is 2. The second kappa shape index (κ2) is 8.05. The third-order valence-corrected chi connectivity index (χ3v) is 4.03. The topological polar surface area (TPSA) is 55.1 Å². The van der Waals surface area contributed by atoms with E-state index in [0.29, 0.717) is 24.2 Å². The van der Waals surface area contributed by atoms with Crippen molar-refractivity contribution in [1.82, 2.24) is 5.32 Å². The lowest BCUT2D eigenvalue weighted by Crippen LogP contribution is -2.26. The first-order valence-corrected chi connectivity index (χ1v) is 8.04. The highest BCUT2D eigenvalue weighted by Crippen LogP contribution is 2.31. The fraction of sp³-hybridized carbons (Fsp3) is 0.316. The number of benzene rings is 2. The van der Waals surface area contributed by atoms with Crippen LogP contribution in [0.3, 0.4) is 0 Å². The van der Waals surface area contributed by atoms with Crippen molar-refractivity contribution >= 4 is 11.6 Å². The molecule has 25 heavy (non-hydrogen) atoms. The van der Waals surface area contributed by atoms with Crippen LogP contribution in [-0.2, 0) is 17.4 Å². The van der Waals surface area contributed by atoms with Gasteiger partial charge in [0, 0.05) is 12.2 Å². The van der Waals surface area contributed by atoms with E-state index in [2.05, 4.69) is 5.32 Å². The van der Waals surface area contributed by atoms with Crippen LogP contribution in [0, 0.1) is 0 Å². The average Bonchev–Trinajstić information content (AvgIpc) is 2.56. The summed E-state index contributed by atoms with van der Waals surface area (Å²) in [6, 6.07) is 12.4. The molecule has 0 saturated heterocycles. The lowest BCUT2D eigenvalue weighted by molar-refractivity contribution is -0.137. The fourth-order valence-corrected chi connectivity index (χ4v) is 2.50. The van der Waals surface area contributed by atoms with E-state index in [4.69, 9.17) is 5.73 Å². The van der Waals surface area contributed by atoms with Crippen LogP contribution in [0.4, 0.5) is 18.9 Å². The summed E-state index contributed by atoms with van der Waals surface area (Å²) in [6.45, 7) is 2.26. The monoisotopic (exact) mass is 350 g/mol. The van der Waals surface area contributed by atoms with Crippen molar-refractivity contribution in [2.45, 2.75) is 31.9 Å². The Morgan fingerprint density at radius 3 is 2.48 bits per heavy atom. The summed E-state index contributed by atoms with van der Waals surface area (Å²) < 4.78 is 38.3. The number of alkyl halides is 3. The molecule has 3 nitrogen and oxygen atoms in total. The molecule has 0 aliphatic rings. The minimum Gasteiger partial charge on any atom is -0.399 e. The average molecular weight is 350 g/mol. The maximum Gasteiger partial charge on any atom is 0.416 e. The summed E-state index contributed by atoms with van der Waals surface area (Å²) >= 11 is 0. The summed E-state index contributed by atoms with van der Waals surface area (Å²) in [6.07, 6.45) is -3.53. The van der Waals surface area contributed by atoms with Crippen molar-refractivity contribution in [2.24, 2.45) is 0 Å². The first kappa shape index (κ1) is 18.8. The first-order chi connectivity index (χ1) is 11.8. The third kappa shape index (κ3) is 5.81. The molecule has 0 spiro atoms. The van der Waals surface area contributed by atoms with Crippen LogP contribution in [0.25, 0.3) is 0 Å². The SMILES string of the molecule is CC(CCNC(=O)Cc1ccc(N)cc1)c1cccc(C(F)(F)F)c1. The Labute approximate surface area is 145 Å². The van der Waals surface area contributed by atoms with Gasteiger partial charge in [0.2, 0.25) is 5.91 Å². The van der Waals surface area contributed by atoms with Crippen LogP contribution in [0.15, 0.2) is 48.5 Å². The predicted molar refractivity (Wildman–Crippen MR) is 92.0 cm³/mol. The largest absolute Gasteiger partial charge is 0.416 e. The fourth-order valence-electron chi connectivity index (χ4n) is 2.50. The Bertz CT molecular complexity index is 711. The van der Waals surface area contributed by atoms with Gasteiger partial charge in [-0.3, -0.25) is 4.79 Å². The van der Waals surface area contributed by atoms with Gasteiger partial charge in [0.15, 0.2) is 0 Å². The smallest absolute Gasteiger partial charge is 0.399 e. The summed E-state index contributed by atoms with van der Waals surface area (Å²) in [4.78, 5) is 11.9. The van der Waals surface area contributed by atoms with Gasteiger partial charge in [-0.1, -0.05) is 37.3 Å². The van der Waals surface area contributed by atoms with Gasteiger partial charge in [-0.25, -0.2) is 0 Å². The van der Waals surface area contributed by atoms with Gasteiger partial charge in [0.05, 0.1) is 12.0 Å². The molecule has 0 aromatic heterocycles. The number of anilines is 1. The normalized spacial score (nSPS) is 12.6. The molecule has 2 aromatic rings. The second-order valence-electron chi connectivity index (χ2n) is 6.08. The lowest BCUT2D eigenvalue weighted by Gasteiger charge is -2.15. The Hall–Kier alpha value is -2.50. The molecule has 0 radical (unpaired) electrons. The Morgan fingerprint density at radius 2 is 1.84 bits per heavy atom. The quantitative estimate of drug-likeness (QED) is 0.770. The number of carbonyl (C=O) groups is 1. The molecule has 0 heterocycles. The van der Waals surface area contributed by atoms with Gasteiger partial charge >= 0.3 is 6.18 Å². The molecule has 0 bridgehead atoms. The van der Waals surface area contributed by atoms with E-state index in [1.165, 1.54) is 12.1 Å². The van der Waals surface area contributed by atoms with E-state index in [1.807, 2.05) is 6.92 Å². The number of nitrogens with two attached hydrogens (primary N) is 1. The van der Waals surface area contributed by atoms with Gasteiger partial charge in [0.25, 0.3) is 0 Å². The lowest BCUT2D eigenvalue weighted by atomic mass is 9.96. The zero-order valence-corrected chi connectivity index (χ0v) is 13.9. The van der Waals surface area contributed by atoms with E-state index in [-0.39, 0.29) is 18.2 Å². The third-order valence-electron chi connectivity index (χ3n) is 4.03. The van der Waals surface area contributed by atoms with E-state index in [0.717, 1.165) is 11.6 Å². The highest BCUT2D eigenvalue weighted by Gasteiger charge is 2.30. The number of nitrogens with one attached hydrogen (secondary N) is 1. The summed E-state index contributed by atoms with van der Waals surface area (Å²) in [7, 11) is 0. The molecule has 2 rings (SSSR count). The van der Waals surface area contributed by atoms with Crippen LogP contribution in [0.1, 0.15) is 36.0 Å². The molecular weight excluding hydrogens is 329 g/mol. The molecule has 0 aliphatic heterocycles. The minimum atomic E-state index is -4.34. The Morgan fingerprint density at radius 1 is 1.16 bits per heavy atom. The van der Waals surface area contributed by atoms with Gasteiger partial charge in [-0.2, -0.15) is 13.2 Å². The highest BCUT2D eigenvalue weighted by molar-refractivity contribution is 5.78. The predicted octanol–water partition coefficient (Wildman–Crippen LogP) is 4.14. The number of amides is 1. The van der Waals surface area contributed by atoms with Gasteiger partial charge in [-0.15, -0.1) is 0 Å². The van der Waals surface area contributed by atoms with E-state index >= 15 is 0 Å². The number of rotatable bonds is 6. The summed E-state index contributed by atoms with van der Waals surface area (Å²) in [5.74, 6) is -0.208. The van der Waals surface area contributed by atoms with Crippen molar-refractivity contribution in [2.75, 3.05) is 12.3 Å². The number of nitrogen functional groups attached to an aromatic ring is 1. The highest BCUT2D eigenvalue weighted by atomic mass is 19.4. The summed E-state index contributed by atoms with van der Waals surface area (Å²) in [5.41, 5.74) is 7.05. The minimum absolute atomic E-state index is 0.0841. The molecule has 134 valence electrons. The molecular formula is C19H21F3N2O. The van der Waals surface area contributed by atoms with Crippen LogP contribution in [-0.4, -0.2) is 12.5 Å². The van der Waals surface area contributed by atoms with Crippen molar-refractivity contribution < 1.29 is 18.0 Å². The molecule has 1 unspecified atom stereocenters. The maximum absolute atomic E-state index is 12.8. The van der Waals surface area contributed by atoms with Gasteiger partial charge < -0.3 is 11.1 Å². The molecule has 0 saturated carbocycles. The Kier molecular flexibility index (Phi) is 6.07. The molecule has 3 N–H and O–H groups in total. The molecule has 2 aromatic carbocycles. The zero-order chi connectivity index (χ0) is 18.4. The standard InChI is InChI=1S/C19H21F3N2O/c1-13(15-3-2-4-16(12-15)19(20,21)22)9-10-24-18(25)11-14-5-7-17(23)8-6-14/h2-8,12-13H,9-11,23H2,1H3,(H,24,25). The molecule has 1 amide bonds. The van der Waals surface area contributed by atoms with Crippen LogP contribution < -0.4 is 11.1 Å². The van der Waals surface area contributed by atoms with E-state index < -0.39 is 11.7 Å². The first-order valence-electron chi connectivity index (χ1n) is 8.04. The van der Waals surface area contributed by atoms with Crippen LogP contribution in [0.2, 0.25) is 0 Å². The van der Waals surface area contributed by atoms with Crippen molar-refractivity contribution in [3.05, 3.63) is 65.2 Å². The van der Waals surface area contributed by atoms with Crippen molar-refractivity contribution in [3.63, 3.8) is 0 Å². The number of halogens is 3. The molecule has 0 fully saturated rings. The second-order valence-corrected chi connectivity index (χ2v) is 6.08. The number of hydrogen-bond donors (Lipinski definition) is 2. The maximum atomic E-state index is 12.8. The van der Waals surface area contributed by atoms with Gasteiger partial charge in [0.1, 0.15) is 0 Å². The summed E-state index contributed by atoms with van der Waals surface area (Å²) in [5, 5.41) is 2.80.